The van der Waals surface area contributed by atoms with Gasteiger partial charge in [-0.25, -0.2) is 9.59 Å². The van der Waals surface area contributed by atoms with E-state index in [-0.39, 0.29) is 18.9 Å². The summed E-state index contributed by atoms with van der Waals surface area (Å²) in [6, 6.07) is 26.8. The summed E-state index contributed by atoms with van der Waals surface area (Å²) in [5.74, 6) is -1.75. The van der Waals surface area contributed by atoms with Gasteiger partial charge in [-0.3, -0.25) is 4.79 Å². The minimum atomic E-state index is -1.87. The molecule has 2 fully saturated rings. The molecule has 3 atom stereocenters. The predicted octanol–water partition coefficient (Wildman–Crippen LogP) is 3.58. The van der Waals surface area contributed by atoms with Gasteiger partial charge in [-0.05, 0) is 23.3 Å². The highest BCUT2D eigenvalue weighted by Crippen LogP contribution is 2.65. The molecule has 178 valence electrons. The average molecular weight is 472 g/mol. The van der Waals surface area contributed by atoms with Crippen LogP contribution in [0.5, 0.6) is 0 Å². The second-order valence-electron chi connectivity index (χ2n) is 8.81. The molecule has 3 aromatic rings. The van der Waals surface area contributed by atoms with Gasteiger partial charge in [-0.15, -0.1) is 0 Å². The van der Waals surface area contributed by atoms with Crippen molar-refractivity contribution in [2.75, 3.05) is 25.7 Å². The van der Waals surface area contributed by atoms with Crippen molar-refractivity contribution >= 4 is 23.5 Å². The first-order chi connectivity index (χ1) is 16.9. The molecule has 35 heavy (non-hydrogen) atoms. The number of carbonyl (C=O) groups excluding carboxylic acids is 3. The van der Waals surface area contributed by atoms with Gasteiger partial charge in [0.15, 0.2) is 5.60 Å². The van der Waals surface area contributed by atoms with Crippen molar-refractivity contribution in [3.05, 3.63) is 102 Å². The van der Waals surface area contributed by atoms with Gasteiger partial charge in [0.2, 0.25) is 11.5 Å². The lowest BCUT2D eigenvalue weighted by molar-refractivity contribution is -0.205. The Morgan fingerprint density at radius 3 is 1.80 bits per heavy atom. The highest BCUT2D eigenvalue weighted by atomic mass is 16.6. The predicted molar refractivity (Wildman–Crippen MR) is 127 cm³/mol. The molecule has 7 nitrogen and oxygen atoms in total. The van der Waals surface area contributed by atoms with E-state index in [0.29, 0.717) is 16.8 Å². The Bertz CT molecular complexity index is 1260. The third kappa shape index (κ3) is 3.04. The number of anilines is 1. The van der Waals surface area contributed by atoms with Gasteiger partial charge in [0.1, 0.15) is 5.41 Å². The van der Waals surface area contributed by atoms with Gasteiger partial charge in [-0.1, -0.05) is 78.9 Å². The van der Waals surface area contributed by atoms with Gasteiger partial charge in [0.05, 0.1) is 14.2 Å². The van der Waals surface area contributed by atoms with E-state index in [1.165, 1.54) is 14.2 Å². The fraction of sp³-hybridized carbons (Fsp3) is 0.250. The van der Waals surface area contributed by atoms with E-state index in [2.05, 4.69) is 0 Å². The minimum absolute atomic E-state index is 0.0805. The van der Waals surface area contributed by atoms with Crippen molar-refractivity contribution in [2.45, 2.75) is 17.6 Å². The highest BCUT2D eigenvalue weighted by molar-refractivity contribution is 6.10. The number of para-hydroxylation sites is 1. The fourth-order valence-corrected chi connectivity index (χ4v) is 5.50. The van der Waals surface area contributed by atoms with Crippen LogP contribution in [-0.2, 0) is 39.8 Å². The number of hydrogen-bond acceptors (Lipinski definition) is 6. The van der Waals surface area contributed by atoms with Gasteiger partial charge < -0.3 is 19.1 Å². The first-order valence-corrected chi connectivity index (χ1v) is 11.3. The quantitative estimate of drug-likeness (QED) is 0.418. The molecule has 0 unspecified atom stereocenters. The molecule has 2 saturated heterocycles. The monoisotopic (exact) mass is 471 g/mol. The van der Waals surface area contributed by atoms with E-state index in [0.717, 1.165) is 0 Å². The molecule has 2 aliphatic rings. The van der Waals surface area contributed by atoms with Gasteiger partial charge in [0.25, 0.3) is 0 Å². The van der Waals surface area contributed by atoms with Crippen LogP contribution in [0, 0.1) is 5.41 Å². The van der Waals surface area contributed by atoms with E-state index in [4.69, 9.17) is 14.2 Å². The standard InChI is InChI=1S/C28H25NO6/c1-33-24(31)27(20-12-6-3-7-13-20)18-26(19-29(23(26)30)22-16-10-5-11-17-22)28(35-27,25(32)34-2)21-14-8-4-9-15-21/h3-17H,18-19H2,1-2H3/t26-,27-,28+/m1/s1. The normalized spacial score (nSPS) is 27.4. The maximum Gasteiger partial charge on any atom is 0.344 e. The zero-order valence-corrected chi connectivity index (χ0v) is 19.5. The largest absolute Gasteiger partial charge is 0.467 e. The highest BCUT2D eigenvalue weighted by Gasteiger charge is 2.80. The van der Waals surface area contributed by atoms with Crippen molar-refractivity contribution in [3.8, 4) is 0 Å². The van der Waals surface area contributed by atoms with Crippen LogP contribution < -0.4 is 4.90 Å². The first kappa shape index (κ1) is 22.8. The number of rotatable bonds is 5. The van der Waals surface area contributed by atoms with Crippen molar-refractivity contribution in [3.63, 3.8) is 0 Å². The molecule has 0 aliphatic carbocycles. The summed E-state index contributed by atoms with van der Waals surface area (Å²) < 4.78 is 17.1. The van der Waals surface area contributed by atoms with Gasteiger partial charge in [-0.2, -0.15) is 0 Å². The van der Waals surface area contributed by atoms with E-state index in [9.17, 15) is 14.4 Å². The van der Waals surface area contributed by atoms with Crippen molar-refractivity contribution < 1.29 is 28.6 Å². The van der Waals surface area contributed by atoms with E-state index in [1.54, 1.807) is 59.5 Å². The molecule has 0 saturated carbocycles. The summed E-state index contributed by atoms with van der Waals surface area (Å²) in [7, 11) is 2.52. The SMILES string of the molecule is COC(=O)[C@]1(c2ccccc2)C[C@]2(CN(c3ccccc3)C2=O)[C@@](C(=O)OC)(c2ccccc2)O1. The fourth-order valence-electron chi connectivity index (χ4n) is 5.50. The van der Waals surface area contributed by atoms with Crippen LogP contribution in [0.15, 0.2) is 91.0 Å². The van der Waals surface area contributed by atoms with Gasteiger partial charge in [0, 0.05) is 18.7 Å². The maximum atomic E-state index is 14.1. The molecule has 3 aromatic carbocycles. The lowest BCUT2D eigenvalue weighted by atomic mass is 9.60. The molecule has 7 heteroatoms. The molecule has 0 bridgehead atoms. The lowest BCUT2D eigenvalue weighted by Gasteiger charge is -2.52. The van der Waals surface area contributed by atoms with Crippen LogP contribution in [0.4, 0.5) is 5.69 Å². The molecule has 5 rings (SSSR count). The molecule has 2 aliphatic heterocycles. The van der Waals surface area contributed by atoms with Crippen LogP contribution in [0.25, 0.3) is 0 Å². The molecular weight excluding hydrogens is 446 g/mol. The van der Waals surface area contributed by atoms with Crippen LogP contribution in [0.2, 0.25) is 0 Å². The molecule has 0 N–H and O–H groups in total. The van der Waals surface area contributed by atoms with Crippen LogP contribution in [0.3, 0.4) is 0 Å². The third-order valence-electron chi connectivity index (χ3n) is 7.11. The Balaban J connectivity index is 1.76. The van der Waals surface area contributed by atoms with Crippen LogP contribution in [0.1, 0.15) is 17.5 Å². The third-order valence-corrected chi connectivity index (χ3v) is 7.11. The zero-order chi connectivity index (χ0) is 24.7. The molecule has 0 aromatic heterocycles. The number of amides is 1. The molecule has 0 radical (unpaired) electrons. The molecular formula is C28H25NO6. The van der Waals surface area contributed by atoms with E-state index >= 15 is 0 Å². The number of ether oxygens (including phenoxy) is 3. The summed E-state index contributed by atoms with van der Waals surface area (Å²) in [6.45, 7) is 0.158. The lowest BCUT2D eigenvalue weighted by Crippen LogP contribution is -2.70. The van der Waals surface area contributed by atoms with Crippen LogP contribution >= 0.6 is 0 Å². The number of esters is 2. The smallest absolute Gasteiger partial charge is 0.344 e. The van der Waals surface area contributed by atoms with Crippen molar-refractivity contribution in [1.82, 2.24) is 0 Å². The molecule has 2 heterocycles. The number of carbonyl (C=O) groups is 3. The Labute approximate surface area is 203 Å². The van der Waals surface area contributed by atoms with E-state index < -0.39 is 28.6 Å². The summed E-state index contributed by atoms with van der Waals surface area (Å²) in [6.07, 6.45) is -0.0805. The summed E-state index contributed by atoms with van der Waals surface area (Å²) in [5, 5.41) is 0. The number of benzene rings is 3. The Morgan fingerprint density at radius 2 is 1.29 bits per heavy atom. The minimum Gasteiger partial charge on any atom is -0.467 e. The number of hydrogen-bond donors (Lipinski definition) is 0. The Kier molecular flexibility index (Phi) is 5.44. The van der Waals surface area contributed by atoms with Gasteiger partial charge >= 0.3 is 11.9 Å². The van der Waals surface area contributed by atoms with Crippen molar-refractivity contribution in [2.24, 2.45) is 5.41 Å². The molecule has 1 spiro atoms. The number of β-lactam (4-membered cyclic amide) rings is 1. The zero-order valence-electron chi connectivity index (χ0n) is 19.5. The number of methoxy groups -OCH3 is 2. The Hall–Kier alpha value is -3.97. The second-order valence-corrected chi connectivity index (χ2v) is 8.81. The Morgan fingerprint density at radius 1 is 0.771 bits per heavy atom. The summed E-state index contributed by atoms with van der Waals surface area (Å²) >= 11 is 0. The summed E-state index contributed by atoms with van der Waals surface area (Å²) in [4.78, 5) is 42.8. The second kappa shape index (κ2) is 8.36. The van der Waals surface area contributed by atoms with E-state index in [1.807, 2.05) is 36.4 Å². The summed E-state index contributed by atoms with van der Waals surface area (Å²) in [5.41, 5.74) is -3.33. The molecule has 1 amide bonds. The average Bonchev–Trinajstić information content (AvgIpc) is 3.28. The first-order valence-electron chi connectivity index (χ1n) is 11.3. The van der Waals surface area contributed by atoms with Crippen molar-refractivity contribution in [1.29, 1.82) is 0 Å². The van der Waals surface area contributed by atoms with Crippen LogP contribution in [-0.4, -0.2) is 38.6 Å². The number of nitrogens with zero attached hydrogens (tertiary/aromatic N) is 1. The topological polar surface area (TPSA) is 82.1 Å². The maximum absolute atomic E-state index is 14.1.